The maximum atomic E-state index is 13.9. The van der Waals surface area contributed by atoms with Crippen LogP contribution in [-0.4, -0.2) is 105 Å². The third kappa shape index (κ3) is 10.1. The van der Waals surface area contributed by atoms with E-state index in [1.54, 1.807) is 50.2 Å². The standard InChI is InChI=1S/C33H44N8O8/c1-19(2)30(44)40-25(18-42)33(47)41(3)29-21-5-7-27(49-13-10-36)23(16-21)22-14-20(4-6-26(22)48-12-9-35)15-24(31(45)37-11-8-34)39-28(43)17-38-32(29)46/h4-7,14,16,19,24-25,29,42H,9-13,15,17-18,35-36H2,1-3H3,(H,37,45)(H,38,46)(H,39,43)(H,40,44)/t24-,25-,29-/m0/s1. The Kier molecular flexibility index (Phi) is 14.3. The maximum absolute atomic E-state index is 13.9. The van der Waals surface area contributed by atoms with Gasteiger partial charge in [0.05, 0.1) is 19.2 Å². The van der Waals surface area contributed by atoms with E-state index in [9.17, 15) is 29.1 Å². The molecule has 0 unspecified atom stereocenters. The molecule has 0 aromatic heterocycles. The van der Waals surface area contributed by atoms with Gasteiger partial charge in [-0.2, -0.15) is 5.26 Å². The molecule has 16 heteroatoms. The summed E-state index contributed by atoms with van der Waals surface area (Å²) in [6, 6.07) is 7.94. The van der Waals surface area contributed by atoms with Crippen LogP contribution in [0.2, 0.25) is 0 Å². The van der Waals surface area contributed by atoms with Gasteiger partial charge in [0, 0.05) is 43.6 Å². The molecule has 2 aromatic rings. The van der Waals surface area contributed by atoms with Crippen LogP contribution in [0.3, 0.4) is 0 Å². The number of nitrogens with zero attached hydrogens (tertiary/aromatic N) is 2. The summed E-state index contributed by atoms with van der Waals surface area (Å²) in [5.74, 6) is -3.05. The number of nitriles is 1. The summed E-state index contributed by atoms with van der Waals surface area (Å²) in [4.78, 5) is 67.2. The van der Waals surface area contributed by atoms with Crippen molar-refractivity contribution >= 4 is 29.5 Å². The van der Waals surface area contributed by atoms with E-state index < -0.39 is 66.7 Å². The molecule has 0 saturated heterocycles. The van der Waals surface area contributed by atoms with Gasteiger partial charge in [-0.15, -0.1) is 0 Å². The van der Waals surface area contributed by atoms with Gasteiger partial charge in [0.1, 0.15) is 49.4 Å². The van der Waals surface area contributed by atoms with E-state index in [1.165, 1.54) is 7.05 Å². The molecule has 0 saturated carbocycles. The number of hydrogen-bond acceptors (Lipinski definition) is 11. The van der Waals surface area contributed by atoms with E-state index in [1.807, 2.05) is 6.07 Å². The molecule has 9 N–H and O–H groups in total. The van der Waals surface area contributed by atoms with Crippen LogP contribution in [0, 0.1) is 17.2 Å². The fourth-order valence-corrected chi connectivity index (χ4v) is 5.08. The molecular formula is C33H44N8O8. The Bertz CT molecular complexity index is 1560. The van der Waals surface area contributed by atoms with E-state index in [0.29, 0.717) is 33.8 Å². The van der Waals surface area contributed by atoms with Crippen molar-refractivity contribution < 1.29 is 38.6 Å². The summed E-state index contributed by atoms with van der Waals surface area (Å²) in [7, 11) is 1.34. The summed E-state index contributed by atoms with van der Waals surface area (Å²) < 4.78 is 12.0. The number of aliphatic hydroxyl groups is 1. The van der Waals surface area contributed by atoms with Gasteiger partial charge in [-0.25, -0.2) is 0 Å². The molecule has 0 aliphatic carbocycles. The van der Waals surface area contributed by atoms with Gasteiger partial charge in [-0.3, -0.25) is 24.0 Å². The molecule has 4 bridgehead atoms. The summed E-state index contributed by atoms with van der Waals surface area (Å²) in [6.45, 7) is 2.38. The summed E-state index contributed by atoms with van der Waals surface area (Å²) in [5.41, 5.74) is 13.3. The molecular weight excluding hydrogens is 636 g/mol. The van der Waals surface area contributed by atoms with Crippen LogP contribution in [0.1, 0.15) is 31.0 Å². The molecule has 1 heterocycles. The lowest BCUT2D eigenvalue weighted by Crippen LogP contribution is -2.54. The van der Waals surface area contributed by atoms with Gasteiger partial charge in [-0.1, -0.05) is 26.0 Å². The number of hydrogen-bond donors (Lipinski definition) is 7. The number of carbonyl (C=O) groups excluding carboxylic acids is 5. The minimum atomic E-state index is -1.37. The lowest BCUT2D eigenvalue weighted by molar-refractivity contribution is -0.143. The minimum Gasteiger partial charge on any atom is -0.492 e. The van der Waals surface area contributed by atoms with E-state index >= 15 is 0 Å². The predicted octanol–water partition coefficient (Wildman–Crippen LogP) is -1.54. The van der Waals surface area contributed by atoms with Gasteiger partial charge in [0.15, 0.2) is 0 Å². The molecule has 49 heavy (non-hydrogen) atoms. The molecule has 0 fully saturated rings. The lowest BCUT2D eigenvalue weighted by atomic mass is 9.93. The van der Waals surface area contributed by atoms with Crippen molar-refractivity contribution in [2.24, 2.45) is 17.4 Å². The second kappa shape index (κ2) is 18.3. The highest BCUT2D eigenvalue weighted by Crippen LogP contribution is 2.40. The smallest absolute Gasteiger partial charge is 0.248 e. The van der Waals surface area contributed by atoms with E-state index in [-0.39, 0.29) is 39.3 Å². The second-order valence-electron chi connectivity index (χ2n) is 11.5. The zero-order valence-corrected chi connectivity index (χ0v) is 27.8. The maximum Gasteiger partial charge on any atom is 0.248 e. The van der Waals surface area contributed by atoms with Gasteiger partial charge < -0.3 is 52.2 Å². The number of fused-ring (bicyclic) bond motifs is 5. The molecule has 3 rings (SSSR count). The average Bonchev–Trinajstić information content (AvgIpc) is 3.09. The molecule has 1 aliphatic rings. The van der Waals surface area contributed by atoms with Crippen molar-refractivity contribution in [2.45, 2.75) is 38.4 Å². The van der Waals surface area contributed by atoms with Crippen LogP contribution in [0.15, 0.2) is 36.4 Å². The summed E-state index contributed by atoms with van der Waals surface area (Å²) in [6.07, 6.45) is 0.0182. The van der Waals surface area contributed by atoms with Crippen LogP contribution in [0.5, 0.6) is 11.5 Å². The van der Waals surface area contributed by atoms with Crippen LogP contribution >= 0.6 is 0 Å². The fourth-order valence-electron chi connectivity index (χ4n) is 5.08. The number of rotatable bonds is 13. The van der Waals surface area contributed by atoms with Gasteiger partial charge in [0.2, 0.25) is 29.5 Å². The van der Waals surface area contributed by atoms with Crippen molar-refractivity contribution in [3.63, 3.8) is 0 Å². The molecule has 1 aliphatic heterocycles. The molecule has 3 atom stereocenters. The molecule has 16 nitrogen and oxygen atoms in total. The number of benzene rings is 2. The first-order valence-electron chi connectivity index (χ1n) is 15.8. The van der Waals surface area contributed by atoms with E-state index in [0.717, 1.165) is 4.90 Å². The third-order valence-corrected chi connectivity index (χ3v) is 7.57. The number of likely N-dealkylation sites (N-methyl/N-ethyl adjacent to an activating group) is 1. The van der Waals surface area contributed by atoms with Crippen LogP contribution in [0.25, 0.3) is 11.1 Å². The van der Waals surface area contributed by atoms with Gasteiger partial charge in [0.25, 0.3) is 0 Å². The van der Waals surface area contributed by atoms with Crippen LogP contribution < -0.4 is 42.2 Å². The van der Waals surface area contributed by atoms with Gasteiger partial charge >= 0.3 is 0 Å². The van der Waals surface area contributed by atoms with Crippen molar-refractivity contribution in [2.75, 3.05) is 53.0 Å². The first kappa shape index (κ1) is 38.2. The first-order chi connectivity index (χ1) is 23.4. The van der Waals surface area contributed by atoms with Gasteiger partial charge in [-0.05, 0) is 35.4 Å². The Balaban J connectivity index is 2.25. The molecule has 0 radical (unpaired) electrons. The van der Waals surface area contributed by atoms with E-state index in [4.69, 9.17) is 26.2 Å². The first-order valence-corrected chi connectivity index (χ1v) is 15.8. The van der Waals surface area contributed by atoms with Crippen LogP contribution in [-0.2, 0) is 30.4 Å². The van der Waals surface area contributed by atoms with Crippen molar-refractivity contribution in [3.8, 4) is 28.7 Å². The van der Waals surface area contributed by atoms with Crippen molar-refractivity contribution in [1.82, 2.24) is 26.2 Å². The number of aliphatic hydroxyl groups excluding tert-OH is 1. The quantitative estimate of drug-likeness (QED) is 0.119. The number of nitrogens with two attached hydrogens (primary N) is 2. The fraction of sp³-hybridized carbons (Fsp3) is 0.455. The van der Waals surface area contributed by atoms with Crippen molar-refractivity contribution in [1.29, 1.82) is 5.26 Å². The number of ether oxygens (including phenoxy) is 2. The average molecular weight is 681 g/mol. The lowest BCUT2D eigenvalue weighted by Gasteiger charge is -2.31. The number of nitrogens with one attached hydrogen (secondary N) is 4. The summed E-state index contributed by atoms with van der Waals surface area (Å²) >= 11 is 0. The van der Waals surface area contributed by atoms with E-state index in [2.05, 4.69) is 21.3 Å². The highest BCUT2D eigenvalue weighted by atomic mass is 16.5. The Hall–Kier alpha value is -5.24. The molecule has 2 aromatic carbocycles. The Labute approximate surface area is 284 Å². The second-order valence-corrected chi connectivity index (χ2v) is 11.5. The SMILES string of the molecule is CC(C)C(=O)N[C@@H](CO)C(=O)N(C)[C@@H]1C(=O)NCC(=O)N[C@H](C(=O)NCC#N)Cc2ccc(OCCN)c(c2)-c2cc1ccc2OCCN. The topological polar surface area (TPSA) is 251 Å². The van der Waals surface area contributed by atoms with Crippen LogP contribution in [0.4, 0.5) is 0 Å². The van der Waals surface area contributed by atoms with Crippen molar-refractivity contribution in [3.05, 3.63) is 47.5 Å². The molecule has 264 valence electrons. The zero-order valence-electron chi connectivity index (χ0n) is 27.8. The number of carbonyl (C=O) groups is 5. The highest BCUT2D eigenvalue weighted by Gasteiger charge is 2.35. The largest absolute Gasteiger partial charge is 0.492 e. The number of amides is 5. The minimum absolute atomic E-state index is 0.0182. The predicted molar refractivity (Wildman–Crippen MR) is 178 cm³/mol. The molecule has 5 amide bonds. The summed E-state index contributed by atoms with van der Waals surface area (Å²) in [5, 5.41) is 29.1. The normalized spacial score (nSPS) is 16.6. The highest BCUT2D eigenvalue weighted by molar-refractivity contribution is 5.95. The zero-order chi connectivity index (χ0) is 36.1. The Morgan fingerprint density at radius 1 is 1.06 bits per heavy atom. The molecule has 0 spiro atoms. The third-order valence-electron chi connectivity index (χ3n) is 7.57. The monoisotopic (exact) mass is 680 g/mol. The Morgan fingerprint density at radius 2 is 1.69 bits per heavy atom. The Morgan fingerprint density at radius 3 is 2.29 bits per heavy atom.